The van der Waals surface area contributed by atoms with Gasteiger partial charge in [-0.25, -0.2) is 4.68 Å². The van der Waals surface area contributed by atoms with Crippen LogP contribution in [0.15, 0.2) is 22.9 Å². The molecule has 2 aromatic rings. The third-order valence-corrected chi connectivity index (χ3v) is 4.12. The van der Waals surface area contributed by atoms with Gasteiger partial charge in [0.2, 0.25) is 0 Å². The summed E-state index contributed by atoms with van der Waals surface area (Å²) >= 11 is 0. The van der Waals surface area contributed by atoms with E-state index < -0.39 is 0 Å². The van der Waals surface area contributed by atoms with Crippen LogP contribution in [0, 0.1) is 6.92 Å². The molecule has 0 atom stereocenters. The van der Waals surface area contributed by atoms with Crippen LogP contribution >= 0.6 is 0 Å². The van der Waals surface area contributed by atoms with E-state index in [1.165, 1.54) is 0 Å². The monoisotopic (exact) mass is 288 g/mol. The Balaban J connectivity index is 1.64. The Bertz CT molecular complexity index is 610. The predicted molar refractivity (Wildman–Crippen MR) is 77.0 cm³/mol. The zero-order valence-electron chi connectivity index (χ0n) is 12.5. The third-order valence-electron chi connectivity index (χ3n) is 4.12. The lowest BCUT2D eigenvalue weighted by Gasteiger charge is -2.31. The molecule has 6 nitrogen and oxygen atoms in total. The first kappa shape index (κ1) is 13.9. The van der Waals surface area contributed by atoms with E-state index in [9.17, 15) is 4.79 Å². The van der Waals surface area contributed by atoms with Gasteiger partial charge in [-0.05, 0) is 31.4 Å². The zero-order chi connectivity index (χ0) is 14.8. The number of carbonyl (C=O) groups is 1. The number of carbonyl (C=O) groups excluding carboxylic acids is 1. The molecule has 0 radical (unpaired) electrons. The maximum atomic E-state index is 12.5. The van der Waals surface area contributed by atoms with E-state index in [1.54, 1.807) is 6.20 Å². The molecule has 0 unspecified atom stereocenters. The molecular formula is C15H20N4O2. The number of likely N-dealkylation sites (tertiary alicyclic amines) is 1. The summed E-state index contributed by atoms with van der Waals surface area (Å²) in [6.07, 6.45) is 6.18. The van der Waals surface area contributed by atoms with Crippen LogP contribution in [-0.4, -0.2) is 38.9 Å². The van der Waals surface area contributed by atoms with Crippen molar-refractivity contribution in [1.29, 1.82) is 0 Å². The van der Waals surface area contributed by atoms with E-state index in [1.807, 2.05) is 35.7 Å². The molecule has 0 N–H and O–H groups in total. The SMILES string of the molecule is CCc1oc(C(=O)N2CCC(n3ccnn3)CC2)cc1C. The quantitative estimate of drug-likeness (QED) is 0.868. The molecule has 0 aromatic carbocycles. The van der Waals surface area contributed by atoms with Crippen LogP contribution < -0.4 is 0 Å². The van der Waals surface area contributed by atoms with Gasteiger partial charge in [0.25, 0.3) is 5.91 Å². The van der Waals surface area contributed by atoms with Crippen molar-refractivity contribution in [2.75, 3.05) is 13.1 Å². The van der Waals surface area contributed by atoms with E-state index in [0.717, 1.165) is 43.7 Å². The van der Waals surface area contributed by atoms with Crippen molar-refractivity contribution in [3.05, 3.63) is 35.5 Å². The minimum absolute atomic E-state index is 0.00478. The highest BCUT2D eigenvalue weighted by molar-refractivity contribution is 5.91. The normalized spacial score (nSPS) is 16.4. The number of aryl methyl sites for hydroxylation is 2. The maximum absolute atomic E-state index is 12.5. The summed E-state index contributed by atoms with van der Waals surface area (Å²) in [6, 6.07) is 2.19. The Labute approximate surface area is 123 Å². The summed E-state index contributed by atoms with van der Waals surface area (Å²) in [5, 5.41) is 7.88. The molecular weight excluding hydrogens is 268 g/mol. The third kappa shape index (κ3) is 2.70. The molecule has 1 saturated heterocycles. The number of furan rings is 1. The van der Waals surface area contributed by atoms with Crippen molar-refractivity contribution < 1.29 is 9.21 Å². The van der Waals surface area contributed by atoms with Crippen molar-refractivity contribution in [3.63, 3.8) is 0 Å². The molecule has 0 aliphatic carbocycles. The number of aromatic nitrogens is 3. The van der Waals surface area contributed by atoms with Gasteiger partial charge in [0.05, 0.1) is 12.2 Å². The summed E-state index contributed by atoms with van der Waals surface area (Å²) in [5.74, 6) is 1.36. The molecule has 3 heterocycles. The van der Waals surface area contributed by atoms with Crippen LogP contribution in [0.2, 0.25) is 0 Å². The molecule has 0 saturated carbocycles. The summed E-state index contributed by atoms with van der Waals surface area (Å²) in [7, 11) is 0. The number of amides is 1. The average Bonchev–Trinajstić information content (AvgIpc) is 3.16. The van der Waals surface area contributed by atoms with Crippen LogP contribution in [-0.2, 0) is 6.42 Å². The standard InChI is InChI=1S/C15H20N4O2/c1-3-13-11(2)10-14(21-13)15(20)18-7-4-12(5-8-18)19-9-6-16-17-19/h6,9-10,12H,3-5,7-8H2,1-2H3. The molecule has 0 bridgehead atoms. The summed E-state index contributed by atoms with van der Waals surface area (Å²) < 4.78 is 7.54. The van der Waals surface area contributed by atoms with Gasteiger partial charge >= 0.3 is 0 Å². The topological polar surface area (TPSA) is 64.2 Å². The fourth-order valence-corrected chi connectivity index (χ4v) is 2.88. The Morgan fingerprint density at radius 3 is 2.76 bits per heavy atom. The van der Waals surface area contributed by atoms with Gasteiger partial charge in [0.15, 0.2) is 5.76 Å². The number of hydrogen-bond donors (Lipinski definition) is 0. The molecule has 2 aromatic heterocycles. The molecule has 6 heteroatoms. The van der Waals surface area contributed by atoms with Gasteiger partial charge < -0.3 is 9.32 Å². The van der Waals surface area contributed by atoms with Crippen LogP contribution in [0.5, 0.6) is 0 Å². The van der Waals surface area contributed by atoms with Gasteiger partial charge in [-0.1, -0.05) is 12.1 Å². The maximum Gasteiger partial charge on any atom is 0.289 e. The minimum Gasteiger partial charge on any atom is -0.456 e. The van der Waals surface area contributed by atoms with E-state index >= 15 is 0 Å². The van der Waals surface area contributed by atoms with Gasteiger partial charge in [0.1, 0.15) is 5.76 Å². The van der Waals surface area contributed by atoms with Gasteiger partial charge in [-0.2, -0.15) is 0 Å². The van der Waals surface area contributed by atoms with E-state index in [4.69, 9.17) is 4.42 Å². The fraction of sp³-hybridized carbons (Fsp3) is 0.533. The Hall–Kier alpha value is -2.11. The second kappa shape index (κ2) is 5.71. The van der Waals surface area contributed by atoms with Gasteiger partial charge in [-0.3, -0.25) is 4.79 Å². The van der Waals surface area contributed by atoms with Crippen LogP contribution in [0.4, 0.5) is 0 Å². The van der Waals surface area contributed by atoms with E-state index in [0.29, 0.717) is 11.8 Å². The highest BCUT2D eigenvalue weighted by atomic mass is 16.4. The molecule has 1 fully saturated rings. The first-order valence-corrected chi connectivity index (χ1v) is 7.43. The van der Waals surface area contributed by atoms with Crippen LogP contribution in [0.25, 0.3) is 0 Å². The summed E-state index contributed by atoms with van der Waals surface area (Å²) in [6.45, 7) is 5.47. The average molecular weight is 288 g/mol. The van der Waals surface area contributed by atoms with Crippen molar-refractivity contribution in [3.8, 4) is 0 Å². The first-order chi connectivity index (χ1) is 10.2. The second-order valence-corrected chi connectivity index (χ2v) is 5.48. The molecule has 1 aliphatic heterocycles. The largest absolute Gasteiger partial charge is 0.456 e. The van der Waals surface area contributed by atoms with E-state index in [-0.39, 0.29) is 5.91 Å². The smallest absolute Gasteiger partial charge is 0.289 e. The Kier molecular flexibility index (Phi) is 3.77. The zero-order valence-corrected chi connectivity index (χ0v) is 12.5. The lowest BCUT2D eigenvalue weighted by atomic mass is 10.1. The number of nitrogens with zero attached hydrogens (tertiary/aromatic N) is 4. The van der Waals surface area contributed by atoms with Crippen molar-refractivity contribution >= 4 is 5.91 Å². The molecule has 1 aliphatic rings. The Morgan fingerprint density at radius 2 is 2.19 bits per heavy atom. The molecule has 0 spiro atoms. The number of rotatable bonds is 3. The molecule has 3 rings (SSSR count). The predicted octanol–water partition coefficient (Wildman–Crippen LogP) is 2.22. The lowest BCUT2D eigenvalue weighted by Crippen LogP contribution is -2.39. The van der Waals surface area contributed by atoms with Crippen LogP contribution in [0.3, 0.4) is 0 Å². The van der Waals surface area contributed by atoms with Gasteiger partial charge in [0, 0.05) is 25.7 Å². The van der Waals surface area contributed by atoms with Crippen molar-refractivity contribution in [1.82, 2.24) is 19.9 Å². The Morgan fingerprint density at radius 1 is 1.43 bits per heavy atom. The minimum atomic E-state index is -0.00478. The summed E-state index contributed by atoms with van der Waals surface area (Å²) in [4.78, 5) is 14.3. The molecule has 21 heavy (non-hydrogen) atoms. The fourth-order valence-electron chi connectivity index (χ4n) is 2.88. The first-order valence-electron chi connectivity index (χ1n) is 7.43. The molecule has 1 amide bonds. The highest BCUT2D eigenvalue weighted by Gasteiger charge is 2.27. The van der Waals surface area contributed by atoms with Crippen molar-refractivity contribution in [2.24, 2.45) is 0 Å². The highest BCUT2D eigenvalue weighted by Crippen LogP contribution is 2.24. The van der Waals surface area contributed by atoms with Crippen molar-refractivity contribution in [2.45, 2.75) is 39.2 Å². The lowest BCUT2D eigenvalue weighted by molar-refractivity contribution is 0.0655. The molecule has 112 valence electrons. The number of hydrogen-bond acceptors (Lipinski definition) is 4. The second-order valence-electron chi connectivity index (χ2n) is 5.48. The number of piperidine rings is 1. The van der Waals surface area contributed by atoms with E-state index in [2.05, 4.69) is 10.3 Å². The van der Waals surface area contributed by atoms with Crippen LogP contribution in [0.1, 0.15) is 47.7 Å². The summed E-state index contributed by atoms with van der Waals surface area (Å²) in [5.41, 5.74) is 1.05. The van der Waals surface area contributed by atoms with Gasteiger partial charge in [-0.15, -0.1) is 5.10 Å².